The van der Waals surface area contributed by atoms with E-state index in [0.717, 1.165) is 17.1 Å². The van der Waals surface area contributed by atoms with Crippen molar-refractivity contribution in [1.82, 2.24) is 4.57 Å². The van der Waals surface area contributed by atoms with Crippen LogP contribution in [0.4, 0.5) is 17.1 Å². The number of anilines is 3. The number of nitrogens with zero attached hydrogens (tertiary/aromatic N) is 2. The summed E-state index contributed by atoms with van der Waals surface area (Å²) in [6.45, 7) is 21.0. The highest BCUT2D eigenvalue weighted by atomic mass is 15.1. The molecule has 2 nitrogen and oxygen atoms in total. The summed E-state index contributed by atoms with van der Waals surface area (Å²) >= 11 is 0. The van der Waals surface area contributed by atoms with Gasteiger partial charge in [-0.1, -0.05) is 202 Å². The van der Waals surface area contributed by atoms with E-state index in [4.69, 9.17) is 0 Å². The molecule has 66 heavy (non-hydrogen) atoms. The molecule has 0 N–H and O–H groups in total. The van der Waals surface area contributed by atoms with Gasteiger partial charge in [-0.05, 0) is 125 Å². The van der Waals surface area contributed by atoms with Crippen LogP contribution in [0.5, 0.6) is 0 Å². The van der Waals surface area contributed by atoms with Crippen molar-refractivity contribution in [3.8, 4) is 27.9 Å². The molecule has 0 aliphatic heterocycles. The molecule has 1 aromatic heterocycles. The first-order chi connectivity index (χ1) is 31.6. The molecule has 0 saturated carbocycles. The summed E-state index contributed by atoms with van der Waals surface area (Å²) in [5.74, 6) is 0. The Morgan fingerprint density at radius 2 is 0.803 bits per heavy atom. The maximum atomic E-state index is 2.52. The minimum Gasteiger partial charge on any atom is -0.310 e. The topological polar surface area (TPSA) is 8.17 Å². The van der Waals surface area contributed by atoms with Crippen LogP contribution in [0.2, 0.25) is 0 Å². The molecule has 11 aromatic rings. The van der Waals surface area contributed by atoms with E-state index < -0.39 is 0 Å². The van der Waals surface area contributed by atoms with E-state index in [9.17, 15) is 0 Å². The molecule has 324 valence electrons. The van der Waals surface area contributed by atoms with Gasteiger partial charge in [0.1, 0.15) is 0 Å². The molecule has 0 radical (unpaired) electrons. The van der Waals surface area contributed by atoms with E-state index in [1.165, 1.54) is 98.8 Å². The monoisotopic (exact) mass is 854 g/mol. The predicted octanol–water partition coefficient (Wildman–Crippen LogP) is 18.4. The van der Waals surface area contributed by atoms with Crippen molar-refractivity contribution in [3.05, 3.63) is 205 Å². The normalized spacial score (nSPS) is 12.6. The molecule has 0 spiro atoms. The third-order valence-electron chi connectivity index (χ3n) is 14.0. The number of benzene rings is 10. The molecule has 0 amide bonds. The summed E-state index contributed by atoms with van der Waals surface area (Å²) < 4.78 is 2.47. The fraction of sp³-hybridized carbons (Fsp3) is 0.188. The third-order valence-corrected chi connectivity index (χ3v) is 14.0. The molecule has 2 heteroatoms. The zero-order valence-electron chi connectivity index (χ0n) is 39.8. The van der Waals surface area contributed by atoms with Crippen LogP contribution in [0.1, 0.15) is 79.0 Å². The molecular weight excluding hydrogens is 797 g/mol. The highest BCUT2D eigenvalue weighted by Crippen LogP contribution is 2.48. The lowest BCUT2D eigenvalue weighted by Gasteiger charge is -2.31. The maximum Gasteiger partial charge on any atom is 0.0541 e. The number of hydrogen-bond donors (Lipinski definition) is 0. The van der Waals surface area contributed by atoms with Crippen molar-refractivity contribution in [3.63, 3.8) is 0 Å². The summed E-state index contributed by atoms with van der Waals surface area (Å²) in [6.07, 6.45) is 0. The molecule has 0 fully saturated rings. The summed E-state index contributed by atoms with van der Waals surface area (Å²) in [5.41, 5.74) is 15.8. The standard InChI is InChI=1S/C64H58N2/c1-62(2,3)47-35-45(36-48(39-47)63(4,5)6)46-37-49(64(7,8)9)40-51(38-46)65(50-29-23-42(24-30-50)41-17-11-10-12-18-41)58-33-27-43-26-32-55-59(34-28-44-25-31-54(58)60(43)61(44)55)66-56-21-15-13-19-52(56)53-20-14-16-22-57(53)66/h10-40H,1-9H3. The van der Waals surface area contributed by atoms with Crippen LogP contribution >= 0.6 is 0 Å². The van der Waals surface area contributed by atoms with E-state index in [1.807, 2.05) is 0 Å². The lowest BCUT2D eigenvalue weighted by atomic mass is 9.78. The maximum absolute atomic E-state index is 2.52. The molecule has 10 aromatic carbocycles. The van der Waals surface area contributed by atoms with E-state index in [-0.39, 0.29) is 16.2 Å². The molecule has 0 saturated heterocycles. The fourth-order valence-corrected chi connectivity index (χ4v) is 10.2. The second-order valence-electron chi connectivity index (χ2n) is 21.5. The summed E-state index contributed by atoms with van der Waals surface area (Å²) in [6, 6.07) is 70.8. The van der Waals surface area contributed by atoms with Gasteiger partial charge < -0.3 is 9.47 Å². The smallest absolute Gasteiger partial charge is 0.0541 e. The second kappa shape index (κ2) is 15.2. The third kappa shape index (κ3) is 7.02. The lowest BCUT2D eigenvalue weighted by molar-refractivity contribution is 0.569. The van der Waals surface area contributed by atoms with E-state index in [2.05, 4.69) is 260 Å². The quantitative estimate of drug-likeness (QED) is 0.151. The Hall–Kier alpha value is -7.16. The van der Waals surface area contributed by atoms with Gasteiger partial charge in [-0.15, -0.1) is 0 Å². The Morgan fingerprint density at radius 1 is 0.333 bits per heavy atom. The average Bonchev–Trinajstić information content (AvgIpc) is 3.64. The molecule has 1 heterocycles. The van der Waals surface area contributed by atoms with E-state index >= 15 is 0 Å². The van der Waals surface area contributed by atoms with Crippen LogP contribution < -0.4 is 4.90 Å². The Kier molecular flexibility index (Phi) is 9.57. The van der Waals surface area contributed by atoms with Crippen molar-refractivity contribution >= 4 is 71.2 Å². The lowest BCUT2D eigenvalue weighted by Crippen LogP contribution is -2.17. The number of fused-ring (bicyclic) bond motifs is 3. The van der Waals surface area contributed by atoms with Crippen molar-refractivity contribution in [2.75, 3.05) is 4.90 Å². The number of hydrogen-bond acceptors (Lipinski definition) is 1. The SMILES string of the molecule is CC(C)(C)c1cc(-c2cc(C(C)(C)C)cc(C(C)(C)C)c2)cc(N(c2ccc(-c3ccccc3)cc2)c2ccc3ccc4c(-n5c6ccccc6c6ccccc65)ccc5ccc2c3c54)c1. The van der Waals surface area contributed by atoms with Crippen molar-refractivity contribution in [2.24, 2.45) is 0 Å². The van der Waals surface area contributed by atoms with Crippen molar-refractivity contribution < 1.29 is 0 Å². The molecule has 0 aliphatic rings. The second-order valence-corrected chi connectivity index (χ2v) is 21.5. The molecular formula is C64H58N2. The van der Waals surface area contributed by atoms with E-state index in [1.54, 1.807) is 0 Å². The van der Waals surface area contributed by atoms with Gasteiger partial charge in [0.25, 0.3) is 0 Å². The minimum absolute atomic E-state index is 0.00383. The van der Waals surface area contributed by atoms with Gasteiger partial charge in [0.15, 0.2) is 0 Å². The molecule has 0 aliphatic carbocycles. The fourth-order valence-electron chi connectivity index (χ4n) is 10.2. The van der Waals surface area contributed by atoms with Gasteiger partial charge in [0.05, 0.1) is 22.4 Å². The highest BCUT2D eigenvalue weighted by molar-refractivity contribution is 6.27. The zero-order chi connectivity index (χ0) is 45.7. The van der Waals surface area contributed by atoms with Crippen molar-refractivity contribution in [1.29, 1.82) is 0 Å². The predicted molar refractivity (Wildman–Crippen MR) is 286 cm³/mol. The number of rotatable bonds is 6. The molecule has 11 rings (SSSR count). The number of para-hydroxylation sites is 2. The van der Waals surface area contributed by atoms with Crippen LogP contribution in [0.25, 0.3) is 82.1 Å². The Bertz CT molecular complexity index is 3540. The van der Waals surface area contributed by atoms with Gasteiger partial charge in [-0.25, -0.2) is 0 Å². The Balaban J connectivity index is 1.18. The highest BCUT2D eigenvalue weighted by Gasteiger charge is 2.26. The minimum atomic E-state index is -0.103. The van der Waals surface area contributed by atoms with Gasteiger partial charge in [-0.3, -0.25) is 0 Å². The van der Waals surface area contributed by atoms with Crippen molar-refractivity contribution in [2.45, 2.75) is 78.6 Å². The van der Waals surface area contributed by atoms with Crippen LogP contribution in [0.15, 0.2) is 188 Å². The largest absolute Gasteiger partial charge is 0.310 e. The van der Waals surface area contributed by atoms with Crippen LogP contribution in [0.3, 0.4) is 0 Å². The van der Waals surface area contributed by atoms with Crippen LogP contribution in [0, 0.1) is 0 Å². The van der Waals surface area contributed by atoms with Crippen LogP contribution in [-0.4, -0.2) is 4.57 Å². The van der Waals surface area contributed by atoms with Crippen LogP contribution in [-0.2, 0) is 16.2 Å². The van der Waals surface area contributed by atoms with Gasteiger partial charge in [0, 0.05) is 32.9 Å². The summed E-state index contributed by atoms with van der Waals surface area (Å²) in [4.78, 5) is 2.52. The first-order valence-corrected chi connectivity index (χ1v) is 23.6. The Morgan fingerprint density at radius 3 is 1.39 bits per heavy atom. The van der Waals surface area contributed by atoms with Gasteiger partial charge in [-0.2, -0.15) is 0 Å². The number of aromatic nitrogens is 1. The summed E-state index contributed by atoms with van der Waals surface area (Å²) in [7, 11) is 0. The molecule has 0 unspecified atom stereocenters. The molecule has 0 atom stereocenters. The van der Waals surface area contributed by atoms with E-state index in [0.29, 0.717) is 0 Å². The Labute approximate surface area is 390 Å². The van der Waals surface area contributed by atoms with Gasteiger partial charge in [0.2, 0.25) is 0 Å². The average molecular weight is 855 g/mol. The molecule has 0 bridgehead atoms. The first kappa shape index (κ1) is 41.5. The van der Waals surface area contributed by atoms with Gasteiger partial charge >= 0.3 is 0 Å². The summed E-state index contributed by atoms with van der Waals surface area (Å²) in [5, 5.41) is 10.1. The first-order valence-electron chi connectivity index (χ1n) is 23.6. The zero-order valence-corrected chi connectivity index (χ0v) is 39.8.